The fourth-order valence-electron chi connectivity index (χ4n) is 2.74. The highest BCUT2D eigenvalue weighted by Crippen LogP contribution is 2.29. The number of carbonyl (C=O) groups is 2. The SMILES string of the molecule is C=CCN1C(=O)/C(=C\c2ccc(-c3ccc([N+](=O)[O-])cc3C)o2)C(=O)NC1=S. The van der Waals surface area contributed by atoms with Crippen LogP contribution in [0.2, 0.25) is 0 Å². The zero-order chi connectivity index (χ0) is 20.4. The minimum Gasteiger partial charge on any atom is -0.457 e. The molecule has 28 heavy (non-hydrogen) atoms. The maximum absolute atomic E-state index is 12.5. The number of nitro benzene ring substituents is 1. The average Bonchev–Trinajstić information content (AvgIpc) is 3.10. The summed E-state index contributed by atoms with van der Waals surface area (Å²) in [5.74, 6) is -0.406. The minimum atomic E-state index is -0.611. The molecule has 0 spiro atoms. The van der Waals surface area contributed by atoms with Crippen LogP contribution in [0.1, 0.15) is 11.3 Å². The van der Waals surface area contributed by atoms with Crippen molar-refractivity contribution in [3.8, 4) is 11.3 Å². The van der Waals surface area contributed by atoms with Gasteiger partial charge in [0.25, 0.3) is 17.5 Å². The molecule has 1 fully saturated rings. The summed E-state index contributed by atoms with van der Waals surface area (Å²) in [7, 11) is 0. The molecule has 1 aliphatic heterocycles. The Balaban J connectivity index is 1.92. The van der Waals surface area contributed by atoms with Gasteiger partial charge in [-0.3, -0.25) is 29.9 Å². The zero-order valence-corrected chi connectivity index (χ0v) is 15.6. The van der Waals surface area contributed by atoms with Crippen molar-refractivity contribution in [3.63, 3.8) is 0 Å². The molecule has 0 saturated carbocycles. The van der Waals surface area contributed by atoms with Crippen molar-refractivity contribution in [2.24, 2.45) is 0 Å². The Labute approximate surface area is 165 Å². The Morgan fingerprint density at radius 3 is 2.71 bits per heavy atom. The first-order chi connectivity index (χ1) is 13.3. The average molecular weight is 397 g/mol. The van der Waals surface area contributed by atoms with Crippen molar-refractivity contribution in [1.29, 1.82) is 0 Å². The predicted octanol–water partition coefficient (Wildman–Crippen LogP) is 2.98. The summed E-state index contributed by atoms with van der Waals surface area (Å²) in [5.41, 5.74) is 1.20. The van der Waals surface area contributed by atoms with Gasteiger partial charge in [0.1, 0.15) is 17.1 Å². The molecular formula is C19H15N3O5S. The first kappa shape index (κ1) is 19.2. The fraction of sp³-hybridized carbons (Fsp3) is 0.105. The summed E-state index contributed by atoms with van der Waals surface area (Å²) < 4.78 is 5.72. The summed E-state index contributed by atoms with van der Waals surface area (Å²) in [6.07, 6.45) is 2.83. The number of benzene rings is 1. The third-order valence-corrected chi connectivity index (χ3v) is 4.42. The van der Waals surface area contributed by atoms with Crippen molar-refractivity contribution in [2.75, 3.05) is 6.54 Å². The van der Waals surface area contributed by atoms with E-state index in [0.29, 0.717) is 16.9 Å². The quantitative estimate of drug-likeness (QED) is 0.208. The summed E-state index contributed by atoms with van der Waals surface area (Å²) in [6, 6.07) is 7.69. The van der Waals surface area contributed by atoms with E-state index in [-0.39, 0.29) is 28.7 Å². The molecule has 0 radical (unpaired) electrons. The third-order valence-electron chi connectivity index (χ3n) is 4.10. The first-order valence-electron chi connectivity index (χ1n) is 8.17. The number of non-ortho nitro benzene ring substituents is 1. The molecule has 3 rings (SSSR count). The van der Waals surface area contributed by atoms with Crippen molar-refractivity contribution in [1.82, 2.24) is 10.2 Å². The van der Waals surface area contributed by atoms with Gasteiger partial charge in [0.15, 0.2) is 5.11 Å². The minimum absolute atomic E-state index is 0.0158. The van der Waals surface area contributed by atoms with Gasteiger partial charge in [0.05, 0.1) is 4.92 Å². The molecule has 1 aliphatic rings. The van der Waals surface area contributed by atoms with Crippen molar-refractivity contribution >= 4 is 40.9 Å². The molecule has 1 saturated heterocycles. The molecule has 2 heterocycles. The van der Waals surface area contributed by atoms with E-state index in [1.54, 1.807) is 25.1 Å². The molecular weight excluding hydrogens is 382 g/mol. The van der Waals surface area contributed by atoms with Crippen molar-refractivity contribution in [3.05, 3.63) is 70.0 Å². The van der Waals surface area contributed by atoms with Gasteiger partial charge in [0.2, 0.25) is 0 Å². The number of nitrogens with one attached hydrogen (secondary N) is 1. The molecule has 142 valence electrons. The number of furan rings is 1. The van der Waals surface area contributed by atoms with Crippen LogP contribution in [0.5, 0.6) is 0 Å². The highest BCUT2D eigenvalue weighted by molar-refractivity contribution is 7.80. The molecule has 9 heteroatoms. The summed E-state index contributed by atoms with van der Waals surface area (Å²) >= 11 is 5.00. The van der Waals surface area contributed by atoms with Gasteiger partial charge in [-0.15, -0.1) is 6.58 Å². The third kappa shape index (κ3) is 3.60. The Bertz CT molecular complexity index is 1050. The molecule has 1 N–H and O–H groups in total. The lowest BCUT2D eigenvalue weighted by Crippen LogP contribution is -2.53. The van der Waals surface area contributed by atoms with Crippen LogP contribution < -0.4 is 5.32 Å². The lowest BCUT2D eigenvalue weighted by Gasteiger charge is -2.27. The summed E-state index contributed by atoms with van der Waals surface area (Å²) in [6.45, 7) is 5.47. The number of hydrogen-bond donors (Lipinski definition) is 1. The van der Waals surface area contributed by atoms with E-state index in [0.717, 1.165) is 0 Å². The number of thiocarbonyl (C=S) groups is 1. The molecule has 1 aromatic carbocycles. The molecule has 2 amide bonds. The standard InChI is InChI=1S/C19H15N3O5S/c1-3-8-21-18(24)15(17(23)20-19(21)28)10-13-5-7-16(27-13)14-6-4-12(22(25)26)9-11(14)2/h3-7,9-10H,1,8H2,2H3,(H,20,23,28)/b15-10-. The Morgan fingerprint density at radius 1 is 1.32 bits per heavy atom. The van der Waals surface area contributed by atoms with Crippen molar-refractivity contribution in [2.45, 2.75) is 6.92 Å². The van der Waals surface area contributed by atoms with E-state index in [2.05, 4.69) is 11.9 Å². The van der Waals surface area contributed by atoms with E-state index in [1.165, 1.54) is 29.2 Å². The maximum Gasteiger partial charge on any atom is 0.269 e. The first-order valence-corrected chi connectivity index (χ1v) is 8.57. The van der Waals surface area contributed by atoms with E-state index >= 15 is 0 Å². The normalized spacial score (nSPS) is 15.7. The molecule has 0 atom stereocenters. The van der Waals surface area contributed by atoms with Crippen LogP contribution >= 0.6 is 12.2 Å². The van der Waals surface area contributed by atoms with E-state index < -0.39 is 16.7 Å². The van der Waals surface area contributed by atoms with Crippen LogP contribution in [0.3, 0.4) is 0 Å². The number of rotatable bonds is 5. The van der Waals surface area contributed by atoms with Crippen LogP contribution in [-0.2, 0) is 9.59 Å². The van der Waals surface area contributed by atoms with E-state index in [1.807, 2.05) is 0 Å². The molecule has 8 nitrogen and oxygen atoms in total. The zero-order valence-electron chi connectivity index (χ0n) is 14.8. The molecule has 2 aromatic rings. The van der Waals surface area contributed by atoms with Gasteiger partial charge in [-0.2, -0.15) is 0 Å². The second-order valence-electron chi connectivity index (χ2n) is 5.98. The van der Waals surface area contributed by atoms with Crippen molar-refractivity contribution < 1.29 is 18.9 Å². The molecule has 1 aromatic heterocycles. The molecule has 0 aliphatic carbocycles. The summed E-state index contributed by atoms with van der Waals surface area (Å²) in [5, 5.41) is 13.3. The van der Waals surface area contributed by atoms with E-state index in [4.69, 9.17) is 16.6 Å². The van der Waals surface area contributed by atoms with Crippen LogP contribution in [0, 0.1) is 17.0 Å². The lowest BCUT2D eigenvalue weighted by atomic mass is 10.1. The lowest BCUT2D eigenvalue weighted by molar-refractivity contribution is -0.384. The molecule has 0 bridgehead atoms. The fourth-order valence-corrected chi connectivity index (χ4v) is 2.99. The van der Waals surface area contributed by atoms with Gasteiger partial charge in [-0.05, 0) is 49.0 Å². The van der Waals surface area contributed by atoms with Crippen LogP contribution in [0.15, 0.2) is 53.0 Å². The maximum atomic E-state index is 12.5. The van der Waals surface area contributed by atoms with E-state index in [9.17, 15) is 19.7 Å². The van der Waals surface area contributed by atoms with Gasteiger partial charge in [0, 0.05) is 24.2 Å². The topological polar surface area (TPSA) is 106 Å². The van der Waals surface area contributed by atoms with Crippen LogP contribution in [-0.4, -0.2) is 33.3 Å². The van der Waals surface area contributed by atoms with Gasteiger partial charge in [-0.1, -0.05) is 6.08 Å². The highest BCUT2D eigenvalue weighted by atomic mass is 32.1. The molecule has 0 unspecified atom stereocenters. The Hall–Kier alpha value is -3.59. The highest BCUT2D eigenvalue weighted by Gasteiger charge is 2.32. The number of nitro groups is 1. The smallest absolute Gasteiger partial charge is 0.269 e. The van der Waals surface area contributed by atoms with Crippen LogP contribution in [0.4, 0.5) is 5.69 Å². The van der Waals surface area contributed by atoms with Crippen LogP contribution in [0.25, 0.3) is 17.4 Å². The van der Waals surface area contributed by atoms with Gasteiger partial charge >= 0.3 is 0 Å². The Kier molecular flexibility index (Phi) is 5.18. The monoisotopic (exact) mass is 397 g/mol. The van der Waals surface area contributed by atoms with Gasteiger partial charge < -0.3 is 4.42 Å². The number of aryl methyl sites for hydroxylation is 1. The van der Waals surface area contributed by atoms with Gasteiger partial charge in [-0.25, -0.2) is 0 Å². The largest absolute Gasteiger partial charge is 0.457 e. The Morgan fingerprint density at radius 2 is 2.07 bits per heavy atom. The number of nitrogens with zero attached hydrogens (tertiary/aromatic N) is 2. The number of amides is 2. The number of hydrogen-bond acceptors (Lipinski definition) is 6. The second-order valence-corrected chi connectivity index (χ2v) is 6.37. The number of carbonyl (C=O) groups excluding carboxylic acids is 2. The summed E-state index contributed by atoms with van der Waals surface area (Å²) in [4.78, 5) is 36.3. The second kappa shape index (κ2) is 7.57. The predicted molar refractivity (Wildman–Crippen MR) is 106 cm³/mol.